The van der Waals surface area contributed by atoms with Gasteiger partial charge in [-0.05, 0) is 75.5 Å². The van der Waals surface area contributed by atoms with E-state index in [1.54, 1.807) is 6.42 Å². The Morgan fingerprint density at radius 2 is 1.88 bits per heavy atom. The monoisotopic (exact) mass is 354 g/mol. The SMILES string of the molecule is CC(C)=CCC/C(C)=C/CNCCN[C@]12O[C@H]3C4C5CC(C6C5C3C61)C42. The fourth-order valence-electron chi connectivity index (χ4n) is 8.68. The Labute approximate surface area is 158 Å². The molecule has 4 bridgehead atoms. The fourth-order valence-corrected chi connectivity index (χ4v) is 8.68. The van der Waals surface area contributed by atoms with E-state index in [1.807, 2.05) is 0 Å². The Morgan fingerprint density at radius 1 is 1.00 bits per heavy atom. The van der Waals surface area contributed by atoms with Crippen molar-refractivity contribution in [1.29, 1.82) is 0 Å². The largest absolute Gasteiger partial charge is 0.356 e. The zero-order valence-corrected chi connectivity index (χ0v) is 16.5. The molecule has 0 spiro atoms. The van der Waals surface area contributed by atoms with Crippen LogP contribution in [-0.2, 0) is 4.74 Å². The summed E-state index contributed by atoms with van der Waals surface area (Å²) in [5, 5.41) is 7.55. The molecule has 7 fully saturated rings. The molecule has 2 saturated heterocycles. The standard InChI is InChI=1S/C23H34N2O/c1-12(2)5-4-6-13(3)7-8-24-9-10-25-23-20-15-11-14-16-17(15)21(23)19(16)22(26-23)18(14)20/h5,7,14-22,24-25H,4,6,8-11H2,1-3H3/b13-7+/t14?,15?,16?,17?,18?,19?,20?,21?,22-,23+/m0/s1. The molecule has 5 aliphatic carbocycles. The third-order valence-electron chi connectivity index (χ3n) is 9.09. The van der Waals surface area contributed by atoms with Gasteiger partial charge in [-0.1, -0.05) is 23.3 Å². The van der Waals surface area contributed by atoms with E-state index in [0.29, 0.717) is 6.10 Å². The van der Waals surface area contributed by atoms with Gasteiger partial charge in [0, 0.05) is 31.5 Å². The van der Waals surface area contributed by atoms with Crippen LogP contribution in [0.1, 0.15) is 40.0 Å². The van der Waals surface area contributed by atoms with E-state index >= 15 is 0 Å². The minimum Gasteiger partial charge on any atom is -0.356 e. The van der Waals surface area contributed by atoms with Crippen molar-refractivity contribution < 1.29 is 4.74 Å². The molecule has 7 rings (SSSR count). The quantitative estimate of drug-likeness (QED) is 0.492. The van der Waals surface area contributed by atoms with Gasteiger partial charge in [0.25, 0.3) is 0 Å². The molecule has 142 valence electrons. The highest BCUT2D eigenvalue weighted by Crippen LogP contribution is 2.89. The highest BCUT2D eigenvalue weighted by atomic mass is 16.5. The Morgan fingerprint density at radius 3 is 2.73 bits per heavy atom. The van der Waals surface area contributed by atoms with E-state index in [4.69, 9.17) is 4.74 Å². The second-order valence-corrected chi connectivity index (χ2v) is 10.3. The molecule has 3 nitrogen and oxygen atoms in total. The third-order valence-corrected chi connectivity index (χ3v) is 9.09. The van der Waals surface area contributed by atoms with Crippen molar-refractivity contribution in [2.45, 2.75) is 51.9 Å². The molecular formula is C23H34N2O. The molecule has 0 aromatic rings. The van der Waals surface area contributed by atoms with Gasteiger partial charge in [-0.3, -0.25) is 5.32 Å². The second-order valence-electron chi connectivity index (χ2n) is 10.3. The van der Waals surface area contributed by atoms with Gasteiger partial charge in [-0.2, -0.15) is 0 Å². The Kier molecular flexibility index (Phi) is 3.43. The van der Waals surface area contributed by atoms with Crippen LogP contribution in [0.3, 0.4) is 0 Å². The first kappa shape index (κ1) is 16.3. The number of hydrogen-bond acceptors (Lipinski definition) is 3. The summed E-state index contributed by atoms with van der Waals surface area (Å²) in [6.07, 6.45) is 9.24. The lowest BCUT2D eigenvalue weighted by molar-refractivity contribution is -0.0569. The highest BCUT2D eigenvalue weighted by Gasteiger charge is 2.92. The van der Waals surface area contributed by atoms with Crippen molar-refractivity contribution in [2.24, 2.45) is 47.3 Å². The summed E-state index contributed by atoms with van der Waals surface area (Å²) in [5.74, 6) is 7.86. The van der Waals surface area contributed by atoms with E-state index in [2.05, 4.69) is 43.6 Å². The molecule has 26 heavy (non-hydrogen) atoms. The summed E-state index contributed by atoms with van der Waals surface area (Å²) < 4.78 is 6.71. The first-order valence-corrected chi connectivity index (χ1v) is 11.1. The first-order valence-electron chi connectivity index (χ1n) is 11.1. The average molecular weight is 355 g/mol. The summed E-state index contributed by atoms with van der Waals surface area (Å²) >= 11 is 0. The van der Waals surface area contributed by atoms with Crippen LogP contribution in [0.25, 0.3) is 0 Å². The summed E-state index contributed by atoms with van der Waals surface area (Å²) in [7, 11) is 0. The maximum Gasteiger partial charge on any atom is 0.126 e. The van der Waals surface area contributed by atoms with Gasteiger partial charge in [-0.25, -0.2) is 0 Å². The molecule has 0 radical (unpaired) electrons. The van der Waals surface area contributed by atoms with Crippen molar-refractivity contribution in [2.75, 3.05) is 19.6 Å². The minimum atomic E-state index is 0.106. The van der Waals surface area contributed by atoms with E-state index in [1.165, 1.54) is 24.0 Å². The molecule has 10 atom stereocenters. The number of hydrogen-bond donors (Lipinski definition) is 2. The molecule has 0 aromatic carbocycles. The van der Waals surface area contributed by atoms with Crippen LogP contribution < -0.4 is 10.6 Å². The number of allylic oxidation sites excluding steroid dienone is 3. The van der Waals surface area contributed by atoms with E-state index < -0.39 is 0 Å². The van der Waals surface area contributed by atoms with Gasteiger partial charge in [0.1, 0.15) is 5.72 Å². The van der Waals surface area contributed by atoms with Gasteiger partial charge in [0.15, 0.2) is 0 Å². The Balaban J connectivity index is 0.979. The lowest BCUT2D eigenvalue weighted by Crippen LogP contribution is -2.57. The van der Waals surface area contributed by atoms with Gasteiger partial charge in [0.2, 0.25) is 0 Å². The smallest absolute Gasteiger partial charge is 0.126 e. The second kappa shape index (κ2) is 5.46. The summed E-state index contributed by atoms with van der Waals surface area (Å²) in [4.78, 5) is 0. The van der Waals surface area contributed by atoms with Gasteiger partial charge < -0.3 is 10.1 Å². The topological polar surface area (TPSA) is 33.3 Å². The van der Waals surface area contributed by atoms with Gasteiger partial charge >= 0.3 is 0 Å². The van der Waals surface area contributed by atoms with Crippen LogP contribution in [0.15, 0.2) is 23.3 Å². The van der Waals surface area contributed by atoms with Crippen LogP contribution in [0.2, 0.25) is 0 Å². The van der Waals surface area contributed by atoms with Crippen molar-refractivity contribution in [1.82, 2.24) is 10.6 Å². The fraction of sp³-hybridized carbons (Fsp3) is 0.826. The molecule has 3 heteroatoms. The van der Waals surface area contributed by atoms with E-state index in [9.17, 15) is 0 Å². The molecule has 2 heterocycles. The predicted molar refractivity (Wildman–Crippen MR) is 103 cm³/mol. The molecule has 0 amide bonds. The van der Waals surface area contributed by atoms with Crippen LogP contribution in [0, 0.1) is 47.3 Å². The van der Waals surface area contributed by atoms with E-state index in [-0.39, 0.29) is 5.72 Å². The first-order chi connectivity index (χ1) is 12.6. The molecule has 8 unspecified atom stereocenters. The summed E-state index contributed by atoms with van der Waals surface area (Å²) in [6, 6.07) is 0. The van der Waals surface area contributed by atoms with Crippen LogP contribution in [0.5, 0.6) is 0 Å². The normalized spacial score (nSPS) is 53.2. The molecule has 0 aromatic heterocycles. The van der Waals surface area contributed by atoms with Crippen LogP contribution >= 0.6 is 0 Å². The zero-order valence-electron chi connectivity index (χ0n) is 16.5. The highest BCUT2D eigenvalue weighted by molar-refractivity contribution is 5.38. The van der Waals surface area contributed by atoms with Crippen molar-refractivity contribution >= 4 is 0 Å². The lowest BCUT2D eigenvalue weighted by Gasteiger charge is -2.46. The maximum atomic E-state index is 6.71. The van der Waals surface area contributed by atoms with Crippen LogP contribution in [0.4, 0.5) is 0 Å². The molecule has 7 aliphatic rings. The van der Waals surface area contributed by atoms with E-state index in [0.717, 1.165) is 67.0 Å². The maximum absolute atomic E-state index is 6.71. The van der Waals surface area contributed by atoms with Crippen molar-refractivity contribution in [3.63, 3.8) is 0 Å². The molecule has 5 saturated carbocycles. The van der Waals surface area contributed by atoms with Crippen LogP contribution in [-0.4, -0.2) is 31.5 Å². The number of ether oxygens (including phenoxy) is 1. The zero-order chi connectivity index (χ0) is 17.6. The molecular weight excluding hydrogens is 320 g/mol. The number of rotatable bonds is 9. The summed E-state index contributed by atoms with van der Waals surface area (Å²) in [5.41, 5.74) is 3.03. The number of nitrogens with one attached hydrogen (secondary N) is 2. The van der Waals surface area contributed by atoms with Gasteiger partial charge in [-0.15, -0.1) is 0 Å². The third kappa shape index (κ3) is 1.81. The molecule has 2 N–H and O–H groups in total. The lowest BCUT2D eigenvalue weighted by atomic mass is 9.59. The predicted octanol–water partition coefficient (Wildman–Crippen LogP) is 3.34. The van der Waals surface area contributed by atoms with Gasteiger partial charge in [0.05, 0.1) is 6.10 Å². The average Bonchev–Trinajstić information content (AvgIpc) is 3.23. The summed E-state index contributed by atoms with van der Waals surface area (Å²) in [6.45, 7) is 9.70. The van der Waals surface area contributed by atoms with Crippen molar-refractivity contribution in [3.05, 3.63) is 23.3 Å². The molecule has 2 aliphatic heterocycles. The Bertz CT molecular complexity index is 670. The Hall–Kier alpha value is -0.640. The van der Waals surface area contributed by atoms with Crippen molar-refractivity contribution in [3.8, 4) is 0 Å². The minimum absolute atomic E-state index is 0.106.